The average Bonchev–Trinajstić information content (AvgIpc) is 3.22. The lowest BCUT2D eigenvalue weighted by molar-refractivity contribution is -0.157. The zero-order valence-corrected chi connectivity index (χ0v) is 16.4. The largest absolute Gasteiger partial charge is 0.454 e. The SMILES string of the molecule is CN1CC(=O)N2[C@H](c3ccc4c(c3)OCO4)c3nc4ccccc4cc3C[C@@H]2C1=O. The summed E-state index contributed by atoms with van der Waals surface area (Å²) in [5.74, 6) is 1.20. The van der Waals surface area contributed by atoms with Crippen molar-refractivity contribution in [3.8, 4) is 11.5 Å². The van der Waals surface area contributed by atoms with Crippen molar-refractivity contribution in [3.63, 3.8) is 0 Å². The van der Waals surface area contributed by atoms with E-state index in [0.717, 1.165) is 27.7 Å². The van der Waals surface area contributed by atoms with Crippen molar-refractivity contribution in [1.82, 2.24) is 14.8 Å². The fraction of sp³-hybridized carbons (Fsp3) is 0.261. The van der Waals surface area contributed by atoms with Gasteiger partial charge in [0.05, 0.1) is 17.8 Å². The fourth-order valence-electron chi connectivity index (χ4n) is 4.74. The Bertz CT molecular complexity index is 1220. The summed E-state index contributed by atoms with van der Waals surface area (Å²) in [6.45, 7) is 0.247. The first-order chi connectivity index (χ1) is 14.6. The smallest absolute Gasteiger partial charge is 0.245 e. The van der Waals surface area contributed by atoms with E-state index >= 15 is 0 Å². The second-order valence-corrected chi connectivity index (χ2v) is 7.96. The Balaban J connectivity index is 1.59. The Morgan fingerprint density at radius 2 is 1.87 bits per heavy atom. The van der Waals surface area contributed by atoms with E-state index in [1.807, 2.05) is 42.5 Å². The van der Waals surface area contributed by atoms with Crippen molar-refractivity contribution in [1.29, 1.82) is 0 Å². The van der Waals surface area contributed by atoms with Crippen LogP contribution in [0.3, 0.4) is 0 Å². The predicted molar refractivity (Wildman–Crippen MR) is 108 cm³/mol. The number of likely N-dealkylation sites (N-methyl/N-ethyl adjacent to an activating group) is 1. The van der Waals surface area contributed by atoms with Crippen molar-refractivity contribution < 1.29 is 19.1 Å². The second kappa shape index (κ2) is 6.19. The van der Waals surface area contributed by atoms with E-state index in [-0.39, 0.29) is 25.2 Å². The van der Waals surface area contributed by atoms with Crippen LogP contribution in [-0.4, -0.2) is 53.0 Å². The van der Waals surface area contributed by atoms with Crippen LogP contribution in [0.4, 0.5) is 0 Å². The molecule has 3 aliphatic heterocycles. The summed E-state index contributed by atoms with van der Waals surface area (Å²) >= 11 is 0. The molecule has 1 aromatic heterocycles. The highest BCUT2D eigenvalue weighted by atomic mass is 16.7. The number of fused-ring (bicyclic) bond motifs is 4. The molecule has 0 bridgehead atoms. The highest BCUT2D eigenvalue weighted by Gasteiger charge is 2.47. The van der Waals surface area contributed by atoms with Crippen LogP contribution >= 0.6 is 0 Å². The number of amides is 2. The van der Waals surface area contributed by atoms with Crippen molar-refractivity contribution in [2.45, 2.75) is 18.5 Å². The number of nitrogens with zero attached hydrogens (tertiary/aromatic N) is 3. The summed E-state index contributed by atoms with van der Waals surface area (Å²) in [7, 11) is 1.68. The Morgan fingerprint density at radius 1 is 1.03 bits per heavy atom. The lowest BCUT2D eigenvalue weighted by Gasteiger charge is -2.46. The highest BCUT2D eigenvalue weighted by Crippen LogP contribution is 2.43. The third kappa shape index (κ3) is 2.41. The maximum absolute atomic E-state index is 13.1. The minimum absolute atomic E-state index is 0.0425. The van der Waals surface area contributed by atoms with Crippen LogP contribution in [0.5, 0.6) is 11.5 Å². The average molecular weight is 401 g/mol. The van der Waals surface area contributed by atoms with Gasteiger partial charge in [0.1, 0.15) is 12.1 Å². The van der Waals surface area contributed by atoms with E-state index in [9.17, 15) is 9.59 Å². The molecular formula is C23H19N3O4. The molecule has 0 N–H and O–H groups in total. The topological polar surface area (TPSA) is 72.0 Å². The molecule has 0 aliphatic carbocycles. The van der Waals surface area contributed by atoms with Gasteiger partial charge in [0.2, 0.25) is 18.6 Å². The number of ether oxygens (including phenoxy) is 2. The van der Waals surface area contributed by atoms with Gasteiger partial charge < -0.3 is 19.3 Å². The number of carbonyl (C=O) groups excluding carboxylic acids is 2. The Kier molecular flexibility index (Phi) is 3.56. The molecule has 2 aromatic carbocycles. The number of para-hydroxylation sites is 1. The molecule has 0 radical (unpaired) electrons. The van der Waals surface area contributed by atoms with Crippen molar-refractivity contribution >= 4 is 22.7 Å². The first kappa shape index (κ1) is 17.3. The van der Waals surface area contributed by atoms with E-state index in [2.05, 4.69) is 6.07 Å². The molecule has 30 heavy (non-hydrogen) atoms. The summed E-state index contributed by atoms with van der Waals surface area (Å²) < 4.78 is 11.0. The number of rotatable bonds is 1. The zero-order valence-electron chi connectivity index (χ0n) is 16.4. The molecule has 0 saturated carbocycles. The maximum Gasteiger partial charge on any atom is 0.245 e. The molecule has 6 rings (SSSR count). The number of hydrogen-bond acceptors (Lipinski definition) is 5. The molecule has 150 valence electrons. The quantitative estimate of drug-likeness (QED) is 0.626. The summed E-state index contributed by atoms with van der Waals surface area (Å²) in [6, 6.07) is 14.7. The molecule has 2 atom stereocenters. The van der Waals surface area contributed by atoms with Gasteiger partial charge in [-0.2, -0.15) is 0 Å². The van der Waals surface area contributed by atoms with E-state index in [4.69, 9.17) is 14.5 Å². The molecule has 7 heteroatoms. The van der Waals surface area contributed by atoms with E-state index in [1.165, 1.54) is 4.90 Å². The molecule has 1 fully saturated rings. The molecular weight excluding hydrogens is 382 g/mol. The van der Waals surface area contributed by atoms with Crippen molar-refractivity contribution in [2.75, 3.05) is 20.4 Å². The summed E-state index contributed by atoms with van der Waals surface area (Å²) in [5, 5.41) is 1.03. The van der Waals surface area contributed by atoms with Crippen LogP contribution in [0.2, 0.25) is 0 Å². The normalized spacial score (nSPS) is 22.3. The molecule has 2 amide bonds. The Morgan fingerprint density at radius 3 is 2.77 bits per heavy atom. The minimum Gasteiger partial charge on any atom is -0.454 e. The molecule has 3 aromatic rings. The van der Waals surface area contributed by atoms with E-state index < -0.39 is 12.1 Å². The van der Waals surface area contributed by atoms with Gasteiger partial charge in [-0.25, -0.2) is 4.98 Å². The number of benzene rings is 2. The first-order valence-corrected chi connectivity index (χ1v) is 9.94. The Hall–Kier alpha value is -3.61. The zero-order chi connectivity index (χ0) is 20.4. The summed E-state index contributed by atoms with van der Waals surface area (Å²) in [5.41, 5.74) is 3.54. The van der Waals surface area contributed by atoms with Gasteiger partial charge >= 0.3 is 0 Å². The van der Waals surface area contributed by atoms with Crippen LogP contribution < -0.4 is 9.47 Å². The number of pyridine rings is 1. The third-order valence-corrected chi connectivity index (χ3v) is 6.16. The standard InChI is InChI=1S/C23H19N3O4/c1-25-11-20(27)26-17(23(25)28)9-15-8-13-4-2-3-5-16(13)24-21(15)22(26)14-6-7-18-19(10-14)30-12-29-18/h2-8,10,17,22H,9,11-12H2,1H3/t17-,22-/m1/s1. The number of hydrogen-bond donors (Lipinski definition) is 0. The lowest BCUT2D eigenvalue weighted by Crippen LogP contribution is -2.62. The van der Waals surface area contributed by atoms with Crippen LogP contribution in [-0.2, 0) is 16.0 Å². The van der Waals surface area contributed by atoms with Crippen LogP contribution in [0, 0.1) is 0 Å². The third-order valence-electron chi connectivity index (χ3n) is 6.16. The molecule has 0 spiro atoms. The summed E-state index contributed by atoms with van der Waals surface area (Å²) in [4.78, 5) is 34.3. The number of piperazine rings is 1. The van der Waals surface area contributed by atoms with E-state index in [1.54, 1.807) is 11.9 Å². The van der Waals surface area contributed by atoms with E-state index in [0.29, 0.717) is 17.9 Å². The monoisotopic (exact) mass is 401 g/mol. The van der Waals surface area contributed by atoms with Gasteiger partial charge in [-0.15, -0.1) is 0 Å². The number of aromatic nitrogens is 1. The fourth-order valence-corrected chi connectivity index (χ4v) is 4.74. The lowest BCUT2D eigenvalue weighted by atomic mass is 9.85. The van der Waals surface area contributed by atoms with Crippen LogP contribution in [0.15, 0.2) is 48.5 Å². The predicted octanol–water partition coefficient (Wildman–Crippen LogP) is 2.28. The van der Waals surface area contributed by atoms with Gasteiger partial charge in [-0.05, 0) is 35.4 Å². The van der Waals surface area contributed by atoms with Gasteiger partial charge in [-0.3, -0.25) is 9.59 Å². The first-order valence-electron chi connectivity index (χ1n) is 9.94. The van der Waals surface area contributed by atoms with Gasteiger partial charge in [0, 0.05) is 18.9 Å². The molecule has 0 unspecified atom stereocenters. The Labute approximate surface area is 172 Å². The van der Waals surface area contributed by atoms with Crippen molar-refractivity contribution in [2.24, 2.45) is 0 Å². The maximum atomic E-state index is 13.1. The second-order valence-electron chi connectivity index (χ2n) is 7.96. The van der Waals surface area contributed by atoms with Gasteiger partial charge in [-0.1, -0.05) is 24.3 Å². The van der Waals surface area contributed by atoms with Gasteiger partial charge in [0.25, 0.3) is 0 Å². The molecule has 3 aliphatic rings. The minimum atomic E-state index is -0.540. The number of carbonyl (C=O) groups is 2. The molecule has 7 nitrogen and oxygen atoms in total. The highest BCUT2D eigenvalue weighted by molar-refractivity contribution is 5.96. The van der Waals surface area contributed by atoms with Crippen LogP contribution in [0.1, 0.15) is 22.9 Å². The van der Waals surface area contributed by atoms with Crippen molar-refractivity contribution in [3.05, 3.63) is 65.4 Å². The molecule has 1 saturated heterocycles. The van der Waals surface area contributed by atoms with Gasteiger partial charge in [0.15, 0.2) is 11.5 Å². The summed E-state index contributed by atoms with van der Waals surface area (Å²) in [6.07, 6.45) is 0.461. The van der Waals surface area contributed by atoms with Crippen LogP contribution in [0.25, 0.3) is 10.9 Å². The molecule has 4 heterocycles.